The molecule has 0 saturated carbocycles. The zero-order valence-corrected chi connectivity index (χ0v) is 20.3. The smallest absolute Gasteiger partial charge is 0.282 e. The van der Waals surface area contributed by atoms with Gasteiger partial charge in [0.1, 0.15) is 30.4 Å². The minimum Gasteiger partial charge on any atom is -0.488 e. The number of ether oxygens (including phenoxy) is 2. The van der Waals surface area contributed by atoms with Gasteiger partial charge in [-0.25, -0.2) is 8.78 Å². The summed E-state index contributed by atoms with van der Waals surface area (Å²) in [6.07, 6.45) is 0. The van der Waals surface area contributed by atoms with Crippen LogP contribution >= 0.6 is 11.6 Å². The zero-order chi connectivity index (χ0) is 26.0. The molecule has 3 aromatic carbocycles. The largest absolute Gasteiger partial charge is 0.488 e. The first-order valence-electron chi connectivity index (χ1n) is 11.4. The molecule has 1 amide bonds. The van der Waals surface area contributed by atoms with Crippen molar-refractivity contribution in [1.82, 2.24) is 10.1 Å². The van der Waals surface area contributed by atoms with Gasteiger partial charge >= 0.3 is 0 Å². The number of aromatic nitrogens is 1. The molecule has 1 saturated heterocycles. The molecule has 1 aliphatic rings. The van der Waals surface area contributed by atoms with E-state index in [1.165, 1.54) is 0 Å². The van der Waals surface area contributed by atoms with Crippen molar-refractivity contribution in [2.45, 2.75) is 19.1 Å². The third-order valence-corrected chi connectivity index (χ3v) is 6.11. The molecule has 0 aliphatic carbocycles. The lowest BCUT2D eigenvalue weighted by molar-refractivity contribution is -0.113. The highest BCUT2D eigenvalue weighted by Gasteiger charge is 2.47. The van der Waals surface area contributed by atoms with Gasteiger partial charge in [-0.15, -0.1) is 0 Å². The van der Waals surface area contributed by atoms with Crippen LogP contribution in [0.2, 0.25) is 5.02 Å². The molecule has 5 rings (SSSR count). The molecule has 0 spiro atoms. The highest BCUT2D eigenvalue weighted by molar-refractivity contribution is 6.32. The number of rotatable bonds is 8. The van der Waals surface area contributed by atoms with E-state index in [0.717, 1.165) is 16.0 Å². The number of alkyl halides is 2. The summed E-state index contributed by atoms with van der Waals surface area (Å²) in [4.78, 5) is 13.6. The average molecular weight is 526 g/mol. The number of carbonyl (C=O) groups excluding carboxylic acids is 1. The summed E-state index contributed by atoms with van der Waals surface area (Å²) in [5, 5.41) is 4.02. The number of carbonyl (C=O) groups is 1. The van der Waals surface area contributed by atoms with E-state index >= 15 is 0 Å². The fourth-order valence-corrected chi connectivity index (χ4v) is 4.08. The number of likely N-dealkylation sites (tertiary alicyclic amines) is 1. The first-order valence-corrected chi connectivity index (χ1v) is 11.8. The van der Waals surface area contributed by atoms with Crippen LogP contribution in [0.1, 0.15) is 21.6 Å². The molecule has 2 N–H and O–H groups in total. The number of benzene rings is 3. The lowest BCUT2D eigenvalue weighted by atomic mass is 10.1. The highest BCUT2D eigenvalue weighted by Crippen LogP contribution is 2.42. The molecule has 1 aliphatic heterocycles. The van der Waals surface area contributed by atoms with E-state index in [1.54, 1.807) is 12.1 Å². The Bertz CT molecular complexity index is 1410. The third kappa shape index (κ3) is 5.36. The van der Waals surface area contributed by atoms with Crippen molar-refractivity contribution < 1.29 is 27.6 Å². The van der Waals surface area contributed by atoms with Crippen LogP contribution < -0.4 is 15.2 Å². The molecule has 2 heterocycles. The van der Waals surface area contributed by atoms with Gasteiger partial charge in [0.2, 0.25) is 0 Å². The minimum atomic E-state index is -2.92. The standard InChI is InChI=1S/C27H22ClF2N3O4/c28-20-11-19(25-23(31)24(32-37-25)26(34)33-15-27(29,30)16-33)21(35-13-17-7-3-1-4-8-17)12-22(20)36-14-18-9-5-2-6-10-18/h1-12H,13-16,31H2. The van der Waals surface area contributed by atoms with Crippen LogP contribution in [0.4, 0.5) is 14.5 Å². The Morgan fingerprint density at radius 2 is 1.54 bits per heavy atom. The van der Waals surface area contributed by atoms with Gasteiger partial charge in [-0.2, -0.15) is 0 Å². The van der Waals surface area contributed by atoms with Gasteiger partial charge in [0.25, 0.3) is 11.8 Å². The normalized spacial score (nSPS) is 14.2. The fourth-order valence-electron chi connectivity index (χ4n) is 3.86. The van der Waals surface area contributed by atoms with Gasteiger partial charge in [0.15, 0.2) is 11.5 Å². The van der Waals surface area contributed by atoms with Crippen molar-refractivity contribution in [3.8, 4) is 22.8 Å². The quantitative estimate of drug-likeness (QED) is 0.311. The SMILES string of the molecule is Nc1c(C(=O)N2CC(F)(F)C2)noc1-c1cc(Cl)c(OCc2ccccc2)cc1OCc1ccccc1. The van der Waals surface area contributed by atoms with Crippen molar-refractivity contribution in [3.05, 3.63) is 94.6 Å². The van der Waals surface area contributed by atoms with E-state index in [-0.39, 0.29) is 35.4 Å². The maximum atomic E-state index is 13.3. The van der Waals surface area contributed by atoms with Crippen molar-refractivity contribution in [2.75, 3.05) is 18.8 Å². The second-order valence-corrected chi connectivity index (χ2v) is 9.03. The van der Waals surface area contributed by atoms with Gasteiger partial charge in [-0.05, 0) is 17.2 Å². The second kappa shape index (κ2) is 10.1. The molecule has 0 bridgehead atoms. The molecule has 7 nitrogen and oxygen atoms in total. The van der Waals surface area contributed by atoms with E-state index in [4.69, 9.17) is 31.3 Å². The molecule has 0 radical (unpaired) electrons. The van der Waals surface area contributed by atoms with E-state index in [1.807, 2.05) is 60.7 Å². The predicted octanol–water partition coefficient (Wildman–Crippen LogP) is 5.83. The van der Waals surface area contributed by atoms with E-state index in [0.29, 0.717) is 17.1 Å². The number of nitrogen functional groups attached to an aromatic ring is 1. The van der Waals surface area contributed by atoms with Crippen LogP contribution in [0.15, 0.2) is 77.3 Å². The summed E-state index contributed by atoms with van der Waals surface area (Å²) in [5.74, 6) is -2.92. The Balaban J connectivity index is 1.45. The van der Waals surface area contributed by atoms with Gasteiger partial charge in [-0.3, -0.25) is 4.79 Å². The highest BCUT2D eigenvalue weighted by atomic mass is 35.5. The first kappa shape index (κ1) is 24.6. The molecule has 190 valence electrons. The van der Waals surface area contributed by atoms with E-state index in [2.05, 4.69) is 5.16 Å². The molecule has 1 fully saturated rings. The second-order valence-electron chi connectivity index (χ2n) is 8.62. The van der Waals surface area contributed by atoms with E-state index < -0.39 is 24.9 Å². The zero-order valence-electron chi connectivity index (χ0n) is 19.5. The van der Waals surface area contributed by atoms with E-state index in [9.17, 15) is 13.6 Å². The summed E-state index contributed by atoms with van der Waals surface area (Å²) in [5.41, 5.74) is 8.05. The van der Waals surface area contributed by atoms with Crippen LogP contribution in [0, 0.1) is 0 Å². The number of anilines is 1. The fraction of sp³-hybridized carbons (Fsp3) is 0.185. The van der Waals surface area contributed by atoms with Crippen molar-refractivity contribution >= 4 is 23.2 Å². The predicted molar refractivity (Wildman–Crippen MR) is 134 cm³/mol. The van der Waals surface area contributed by atoms with Crippen molar-refractivity contribution in [1.29, 1.82) is 0 Å². The number of amides is 1. The topological polar surface area (TPSA) is 90.8 Å². The van der Waals surface area contributed by atoms with Gasteiger partial charge in [0, 0.05) is 6.07 Å². The van der Waals surface area contributed by atoms with Crippen LogP contribution in [0.25, 0.3) is 11.3 Å². The molecule has 0 atom stereocenters. The van der Waals surface area contributed by atoms with Crippen molar-refractivity contribution in [2.24, 2.45) is 0 Å². The van der Waals surface area contributed by atoms with Crippen LogP contribution in [-0.4, -0.2) is 35.0 Å². The maximum Gasteiger partial charge on any atom is 0.282 e. The Morgan fingerprint density at radius 1 is 0.973 bits per heavy atom. The lowest BCUT2D eigenvalue weighted by Crippen LogP contribution is -2.58. The monoisotopic (exact) mass is 525 g/mol. The van der Waals surface area contributed by atoms with Crippen molar-refractivity contribution in [3.63, 3.8) is 0 Å². The molecular weight excluding hydrogens is 504 g/mol. The Hall–Kier alpha value is -4.11. The molecule has 0 unspecified atom stereocenters. The van der Waals surface area contributed by atoms with Gasteiger partial charge < -0.3 is 24.6 Å². The van der Waals surface area contributed by atoms with Gasteiger partial charge in [0.05, 0.1) is 23.7 Å². The molecule has 4 aromatic rings. The Kier molecular flexibility index (Phi) is 6.71. The van der Waals surface area contributed by atoms with Crippen LogP contribution in [0.5, 0.6) is 11.5 Å². The number of nitrogens with zero attached hydrogens (tertiary/aromatic N) is 2. The van der Waals surface area contributed by atoms with Crippen LogP contribution in [0.3, 0.4) is 0 Å². The molecule has 37 heavy (non-hydrogen) atoms. The number of halogens is 3. The number of hydrogen-bond donors (Lipinski definition) is 1. The lowest BCUT2D eigenvalue weighted by Gasteiger charge is -2.38. The first-order chi connectivity index (χ1) is 17.8. The minimum absolute atomic E-state index is 0.0372. The summed E-state index contributed by atoms with van der Waals surface area (Å²) in [7, 11) is 0. The number of hydrogen-bond acceptors (Lipinski definition) is 6. The summed E-state index contributed by atoms with van der Waals surface area (Å²) in [6.45, 7) is -0.895. The maximum absolute atomic E-state index is 13.3. The third-order valence-electron chi connectivity index (χ3n) is 5.82. The average Bonchev–Trinajstić information content (AvgIpc) is 3.27. The summed E-state index contributed by atoms with van der Waals surface area (Å²) in [6, 6.07) is 22.2. The molecule has 10 heteroatoms. The summed E-state index contributed by atoms with van der Waals surface area (Å²) >= 11 is 6.53. The molecular formula is C27H22ClF2N3O4. The van der Waals surface area contributed by atoms with Gasteiger partial charge in [-0.1, -0.05) is 77.4 Å². The van der Waals surface area contributed by atoms with Crippen LogP contribution in [-0.2, 0) is 13.2 Å². The Labute approximate surface area is 216 Å². The number of nitrogens with two attached hydrogens (primary N) is 1. The summed E-state index contributed by atoms with van der Waals surface area (Å²) < 4.78 is 43.9. The Morgan fingerprint density at radius 3 is 2.11 bits per heavy atom. The molecule has 1 aromatic heterocycles.